The topological polar surface area (TPSA) is 75.7 Å². The molecule has 0 saturated carbocycles. The number of aromatic amines is 1. The second-order valence-electron chi connectivity index (χ2n) is 3.82. The quantitative estimate of drug-likeness (QED) is 0.519. The number of hydrogen-bond donors (Lipinski definition) is 2. The molecule has 0 aliphatic heterocycles. The Balaban J connectivity index is 1.84. The molecule has 3 aromatic rings. The third kappa shape index (κ3) is 2.66. The summed E-state index contributed by atoms with van der Waals surface area (Å²) >= 11 is 3.76. The molecule has 0 spiro atoms. The first-order chi connectivity index (χ1) is 9.78. The van der Waals surface area contributed by atoms with Gasteiger partial charge in [0.2, 0.25) is 0 Å². The Morgan fingerprint density at radius 1 is 1.30 bits per heavy atom. The van der Waals surface area contributed by atoms with E-state index in [9.17, 15) is 0 Å². The molecule has 0 bridgehead atoms. The Hall–Kier alpha value is -1.55. The van der Waals surface area contributed by atoms with E-state index in [0.717, 1.165) is 19.7 Å². The molecule has 0 atom stereocenters. The zero-order valence-corrected chi connectivity index (χ0v) is 13.4. The van der Waals surface area contributed by atoms with E-state index in [4.69, 9.17) is 4.74 Å². The lowest BCUT2D eigenvalue weighted by Gasteiger charge is -2.08. The first-order valence-electron chi connectivity index (χ1n) is 5.68. The normalized spacial score (nSPS) is 10.7. The van der Waals surface area contributed by atoms with Crippen LogP contribution < -0.4 is 9.46 Å². The summed E-state index contributed by atoms with van der Waals surface area (Å²) in [5.41, 5.74) is 1.43. The van der Waals surface area contributed by atoms with Gasteiger partial charge in [-0.05, 0) is 52.7 Å². The molecule has 2 aromatic heterocycles. The average molecular weight is 399 g/mol. The number of anilines is 1. The highest BCUT2D eigenvalue weighted by Gasteiger charge is 2.08. The summed E-state index contributed by atoms with van der Waals surface area (Å²) in [6.45, 7) is 0. The summed E-state index contributed by atoms with van der Waals surface area (Å²) in [5.74, 6) is 1.53. The highest BCUT2D eigenvalue weighted by Crippen LogP contribution is 2.30. The highest BCUT2D eigenvalue weighted by atomic mass is 127. The zero-order chi connectivity index (χ0) is 13.9. The largest absolute Gasteiger partial charge is 0.497 e. The van der Waals surface area contributed by atoms with E-state index in [1.54, 1.807) is 13.4 Å². The van der Waals surface area contributed by atoms with Crippen LogP contribution in [0.15, 0.2) is 35.7 Å². The molecule has 0 amide bonds. The maximum absolute atomic E-state index is 5.23. The molecule has 0 unspecified atom stereocenters. The second kappa shape index (κ2) is 5.83. The van der Waals surface area contributed by atoms with Gasteiger partial charge in [0, 0.05) is 8.47 Å². The van der Waals surface area contributed by atoms with Gasteiger partial charge in [-0.1, -0.05) is 0 Å². The number of nitrogens with zero attached hydrogens (tertiary/aromatic N) is 3. The van der Waals surface area contributed by atoms with Crippen LogP contribution in [0.3, 0.4) is 0 Å². The number of H-pyrrole nitrogens is 1. The number of hydrogen-bond acceptors (Lipinski definition) is 6. The lowest BCUT2D eigenvalue weighted by atomic mass is 10.3. The Bertz CT molecular complexity index is 748. The number of nitrogens with one attached hydrogen (secondary N) is 2. The van der Waals surface area contributed by atoms with Crippen molar-refractivity contribution in [1.29, 1.82) is 0 Å². The van der Waals surface area contributed by atoms with Gasteiger partial charge < -0.3 is 14.4 Å². The fraction of sp³-hybridized carbons (Fsp3) is 0.0833. The number of ether oxygens (including phenoxy) is 1. The Kier molecular flexibility index (Phi) is 3.92. The highest BCUT2D eigenvalue weighted by molar-refractivity contribution is 14.1. The minimum absolute atomic E-state index is 0.642. The first kappa shape index (κ1) is 13.4. The number of aromatic nitrogens is 4. The zero-order valence-electron chi connectivity index (χ0n) is 10.4. The van der Waals surface area contributed by atoms with Gasteiger partial charge in [0.1, 0.15) is 17.6 Å². The van der Waals surface area contributed by atoms with Gasteiger partial charge in [-0.3, -0.25) is 0 Å². The van der Waals surface area contributed by atoms with Crippen LogP contribution >= 0.6 is 34.5 Å². The Labute approximate surface area is 133 Å². The fourth-order valence-corrected chi connectivity index (χ4v) is 3.00. The first-order valence-corrected chi connectivity index (χ1v) is 7.58. The van der Waals surface area contributed by atoms with Gasteiger partial charge >= 0.3 is 0 Å². The molecule has 102 valence electrons. The van der Waals surface area contributed by atoms with Crippen LogP contribution in [0.5, 0.6) is 5.75 Å². The molecule has 0 aliphatic rings. The maximum Gasteiger partial charge on any atom is 0.182 e. The van der Waals surface area contributed by atoms with Crippen LogP contribution in [0, 0.1) is 3.57 Å². The minimum Gasteiger partial charge on any atom is -0.497 e. The number of fused-ring (bicyclic) bond motifs is 1. The average Bonchev–Trinajstić information content (AvgIpc) is 2.95. The van der Waals surface area contributed by atoms with Crippen LogP contribution in [0.25, 0.3) is 11.2 Å². The van der Waals surface area contributed by atoms with Crippen LogP contribution in [-0.2, 0) is 0 Å². The summed E-state index contributed by atoms with van der Waals surface area (Å²) in [6.07, 6.45) is 3.09. The van der Waals surface area contributed by atoms with Crippen LogP contribution in [0.4, 0.5) is 5.82 Å². The summed E-state index contributed by atoms with van der Waals surface area (Å²) in [4.78, 5) is 16.5. The molecule has 1 aromatic carbocycles. The predicted molar refractivity (Wildman–Crippen MR) is 86.9 cm³/mol. The van der Waals surface area contributed by atoms with Crippen molar-refractivity contribution in [3.63, 3.8) is 0 Å². The van der Waals surface area contributed by atoms with E-state index in [1.807, 2.05) is 18.2 Å². The van der Waals surface area contributed by atoms with Gasteiger partial charge in [0.15, 0.2) is 11.5 Å². The number of imidazole rings is 1. The van der Waals surface area contributed by atoms with Crippen molar-refractivity contribution in [2.75, 3.05) is 11.8 Å². The molecule has 3 rings (SSSR count). The Morgan fingerprint density at radius 2 is 2.20 bits per heavy atom. The van der Waals surface area contributed by atoms with E-state index in [1.165, 1.54) is 18.3 Å². The molecule has 0 fully saturated rings. The molecule has 2 heterocycles. The summed E-state index contributed by atoms with van der Waals surface area (Å²) in [6, 6.07) is 5.92. The lowest BCUT2D eigenvalue weighted by molar-refractivity contribution is 0.413. The van der Waals surface area contributed by atoms with Crippen LogP contribution in [-0.4, -0.2) is 27.0 Å². The van der Waals surface area contributed by atoms with Gasteiger partial charge in [-0.25, -0.2) is 15.0 Å². The molecule has 8 heteroatoms. The standard InChI is InChI=1S/C12H10IN5OS/c1-19-7-2-3-8(13)9(4-7)20-18-12-10-11(15-5-14-10)16-6-17-12/h2-6H,1H3,(H2,14,15,16,17,18). The molecular weight excluding hydrogens is 389 g/mol. The minimum atomic E-state index is 0.642. The van der Waals surface area contributed by atoms with Crippen molar-refractivity contribution in [1.82, 2.24) is 19.9 Å². The molecule has 20 heavy (non-hydrogen) atoms. The lowest BCUT2D eigenvalue weighted by Crippen LogP contribution is -1.94. The number of rotatable bonds is 4. The van der Waals surface area contributed by atoms with Crippen LogP contribution in [0.1, 0.15) is 0 Å². The molecule has 0 aliphatic carbocycles. The maximum atomic E-state index is 5.23. The van der Waals surface area contributed by atoms with Gasteiger partial charge in [-0.15, -0.1) is 0 Å². The molecule has 2 N–H and O–H groups in total. The van der Waals surface area contributed by atoms with Gasteiger partial charge in [0.05, 0.1) is 13.4 Å². The smallest absolute Gasteiger partial charge is 0.182 e. The monoisotopic (exact) mass is 399 g/mol. The van der Waals surface area contributed by atoms with Crippen molar-refractivity contribution in [2.45, 2.75) is 4.90 Å². The SMILES string of the molecule is COc1ccc(I)c(SNc2ncnc3nc[nH]c23)c1. The van der Waals surface area contributed by atoms with Crippen LogP contribution in [0.2, 0.25) is 0 Å². The second-order valence-corrected chi connectivity index (χ2v) is 5.83. The Morgan fingerprint density at radius 3 is 3.05 bits per heavy atom. The van der Waals surface area contributed by atoms with Crippen molar-refractivity contribution in [3.05, 3.63) is 34.4 Å². The number of halogens is 1. The van der Waals surface area contributed by atoms with Gasteiger partial charge in [0.25, 0.3) is 0 Å². The van der Waals surface area contributed by atoms with E-state index in [-0.39, 0.29) is 0 Å². The predicted octanol–water partition coefficient (Wildman–Crippen LogP) is 3.09. The molecule has 0 radical (unpaired) electrons. The van der Waals surface area contributed by atoms with E-state index in [2.05, 4.69) is 47.2 Å². The van der Waals surface area contributed by atoms with Crippen molar-refractivity contribution >= 4 is 51.5 Å². The van der Waals surface area contributed by atoms with Crippen molar-refractivity contribution < 1.29 is 4.74 Å². The van der Waals surface area contributed by atoms with Gasteiger partial charge in [-0.2, -0.15) is 0 Å². The molecule has 0 saturated heterocycles. The third-order valence-corrected chi connectivity index (χ3v) is 4.78. The number of methoxy groups -OCH3 is 1. The van der Waals surface area contributed by atoms with E-state index >= 15 is 0 Å². The van der Waals surface area contributed by atoms with Crippen molar-refractivity contribution in [2.24, 2.45) is 0 Å². The summed E-state index contributed by atoms with van der Waals surface area (Å²) in [5, 5.41) is 0. The molecular formula is C12H10IN5OS. The van der Waals surface area contributed by atoms with E-state index < -0.39 is 0 Å². The molecule has 6 nitrogen and oxygen atoms in total. The number of benzene rings is 1. The summed E-state index contributed by atoms with van der Waals surface area (Å²) in [7, 11) is 1.66. The summed E-state index contributed by atoms with van der Waals surface area (Å²) < 4.78 is 9.58. The van der Waals surface area contributed by atoms with E-state index in [0.29, 0.717) is 11.5 Å². The third-order valence-electron chi connectivity index (χ3n) is 2.62. The fourth-order valence-electron chi connectivity index (χ4n) is 1.63. The van der Waals surface area contributed by atoms with Crippen molar-refractivity contribution in [3.8, 4) is 5.75 Å².